The first kappa shape index (κ1) is 18.3. The van der Waals surface area contributed by atoms with Crippen molar-refractivity contribution in [3.63, 3.8) is 0 Å². The summed E-state index contributed by atoms with van der Waals surface area (Å²) in [6, 6.07) is 16.9. The van der Waals surface area contributed by atoms with Crippen LogP contribution in [0.3, 0.4) is 0 Å². The number of nitrogens with one attached hydrogen (secondary N) is 2. The summed E-state index contributed by atoms with van der Waals surface area (Å²) >= 11 is 0. The summed E-state index contributed by atoms with van der Waals surface area (Å²) in [6.07, 6.45) is 0.864. The van der Waals surface area contributed by atoms with Gasteiger partial charge in [0.1, 0.15) is 5.75 Å². The first-order valence-electron chi connectivity index (χ1n) is 8.20. The Hall–Kier alpha value is -3.02. The van der Waals surface area contributed by atoms with E-state index in [4.69, 9.17) is 10.5 Å². The Bertz CT molecular complexity index is 684. The van der Waals surface area contributed by atoms with Gasteiger partial charge < -0.3 is 21.1 Å². The highest BCUT2D eigenvalue weighted by Gasteiger charge is 2.01. The number of nitrogens with zero attached hydrogens (tertiary/aromatic N) is 1. The van der Waals surface area contributed by atoms with Gasteiger partial charge in [-0.1, -0.05) is 30.3 Å². The van der Waals surface area contributed by atoms with Crippen LogP contribution in [0.25, 0.3) is 0 Å². The number of primary amides is 1. The summed E-state index contributed by atoms with van der Waals surface area (Å²) in [4.78, 5) is 15.2. The van der Waals surface area contributed by atoms with E-state index in [0.717, 1.165) is 30.2 Å². The maximum Gasteiger partial charge on any atom is 0.248 e. The van der Waals surface area contributed by atoms with Gasteiger partial charge in [-0.3, -0.25) is 9.79 Å². The van der Waals surface area contributed by atoms with E-state index in [9.17, 15) is 4.79 Å². The molecule has 0 atom stereocenters. The predicted octanol–water partition coefficient (Wildman–Crippen LogP) is 1.92. The van der Waals surface area contributed by atoms with Crippen molar-refractivity contribution < 1.29 is 9.53 Å². The molecule has 0 fully saturated rings. The van der Waals surface area contributed by atoms with E-state index < -0.39 is 5.91 Å². The van der Waals surface area contributed by atoms with Crippen molar-refractivity contribution in [3.8, 4) is 5.75 Å². The Labute approximate surface area is 148 Å². The average molecular weight is 340 g/mol. The molecule has 2 aromatic rings. The molecular weight excluding hydrogens is 316 g/mol. The predicted molar refractivity (Wildman–Crippen MR) is 99.7 cm³/mol. The second-order valence-electron chi connectivity index (χ2n) is 5.43. The SMILES string of the molecule is CN=C(NCCCOc1ccccc1)NCc1ccc(C(N)=O)cc1. The van der Waals surface area contributed by atoms with E-state index in [1.54, 1.807) is 19.2 Å². The van der Waals surface area contributed by atoms with Crippen LogP contribution in [0.4, 0.5) is 0 Å². The monoisotopic (exact) mass is 340 g/mol. The lowest BCUT2D eigenvalue weighted by molar-refractivity contribution is 0.100. The Morgan fingerprint density at radius 1 is 1.08 bits per heavy atom. The fourth-order valence-electron chi connectivity index (χ4n) is 2.18. The van der Waals surface area contributed by atoms with Crippen LogP contribution in [0, 0.1) is 0 Å². The molecule has 25 heavy (non-hydrogen) atoms. The fraction of sp³-hybridized carbons (Fsp3) is 0.263. The number of carbonyl (C=O) groups excluding carboxylic acids is 1. The Morgan fingerprint density at radius 3 is 2.44 bits per heavy atom. The lowest BCUT2D eigenvalue weighted by Crippen LogP contribution is -2.37. The summed E-state index contributed by atoms with van der Waals surface area (Å²) in [5, 5.41) is 6.47. The quantitative estimate of drug-likeness (QED) is 0.389. The minimum Gasteiger partial charge on any atom is -0.494 e. The molecule has 0 spiro atoms. The highest BCUT2D eigenvalue weighted by Crippen LogP contribution is 2.08. The number of hydrogen-bond donors (Lipinski definition) is 3. The fourth-order valence-corrected chi connectivity index (χ4v) is 2.18. The number of ether oxygens (including phenoxy) is 1. The number of hydrogen-bond acceptors (Lipinski definition) is 3. The summed E-state index contributed by atoms with van der Waals surface area (Å²) in [5.74, 6) is 1.18. The zero-order valence-electron chi connectivity index (χ0n) is 14.4. The molecule has 0 unspecified atom stereocenters. The number of nitrogens with two attached hydrogens (primary N) is 1. The van der Waals surface area contributed by atoms with Gasteiger partial charge in [0.25, 0.3) is 0 Å². The van der Waals surface area contributed by atoms with Crippen molar-refractivity contribution >= 4 is 11.9 Å². The van der Waals surface area contributed by atoms with Crippen LogP contribution in [0.2, 0.25) is 0 Å². The van der Waals surface area contributed by atoms with Crippen LogP contribution in [-0.4, -0.2) is 32.1 Å². The molecule has 0 aliphatic rings. The molecule has 0 saturated heterocycles. The van der Waals surface area contributed by atoms with Crippen molar-refractivity contribution in [2.24, 2.45) is 10.7 Å². The lowest BCUT2D eigenvalue weighted by atomic mass is 10.1. The summed E-state index contributed by atoms with van der Waals surface area (Å²) in [5.41, 5.74) is 6.78. The molecule has 0 saturated carbocycles. The lowest BCUT2D eigenvalue weighted by Gasteiger charge is -2.12. The highest BCUT2D eigenvalue weighted by atomic mass is 16.5. The molecule has 1 amide bonds. The molecule has 2 rings (SSSR count). The number of carbonyl (C=O) groups is 1. The number of rotatable bonds is 8. The second kappa shape index (κ2) is 9.97. The van der Waals surface area contributed by atoms with Gasteiger partial charge in [-0.2, -0.15) is 0 Å². The zero-order chi connectivity index (χ0) is 17.9. The first-order chi connectivity index (χ1) is 12.2. The molecule has 0 bridgehead atoms. The zero-order valence-corrected chi connectivity index (χ0v) is 14.4. The third kappa shape index (κ3) is 6.55. The van der Waals surface area contributed by atoms with Crippen molar-refractivity contribution in [2.45, 2.75) is 13.0 Å². The van der Waals surface area contributed by atoms with Crippen LogP contribution in [0.5, 0.6) is 5.75 Å². The number of amides is 1. The summed E-state index contributed by atoms with van der Waals surface area (Å²) in [6.45, 7) is 2.01. The second-order valence-corrected chi connectivity index (χ2v) is 5.43. The van der Waals surface area contributed by atoms with Crippen molar-refractivity contribution in [3.05, 3.63) is 65.7 Å². The van der Waals surface area contributed by atoms with Crippen molar-refractivity contribution in [2.75, 3.05) is 20.2 Å². The van der Waals surface area contributed by atoms with Gasteiger partial charge in [0.2, 0.25) is 5.91 Å². The molecule has 6 nitrogen and oxygen atoms in total. The van der Waals surface area contributed by atoms with Crippen LogP contribution < -0.4 is 21.1 Å². The van der Waals surface area contributed by atoms with Crippen LogP contribution in [0.1, 0.15) is 22.3 Å². The molecule has 132 valence electrons. The molecule has 0 aromatic heterocycles. The molecule has 6 heteroatoms. The minimum absolute atomic E-state index is 0.422. The first-order valence-corrected chi connectivity index (χ1v) is 8.20. The van der Waals surface area contributed by atoms with Gasteiger partial charge in [-0.25, -0.2) is 0 Å². The van der Waals surface area contributed by atoms with E-state index in [0.29, 0.717) is 18.7 Å². The molecule has 0 aliphatic carbocycles. The van der Waals surface area contributed by atoms with Gasteiger partial charge in [0, 0.05) is 25.7 Å². The van der Waals surface area contributed by atoms with E-state index in [1.165, 1.54) is 0 Å². The number of guanidine groups is 1. The van der Waals surface area contributed by atoms with Crippen LogP contribution in [0.15, 0.2) is 59.6 Å². The van der Waals surface area contributed by atoms with Gasteiger partial charge in [0.15, 0.2) is 5.96 Å². The average Bonchev–Trinajstić information content (AvgIpc) is 2.65. The topological polar surface area (TPSA) is 88.7 Å². The van der Waals surface area contributed by atoms with E-state index in [-0.39, 0.29) is 0 Å². The van der Waals surface area contributed by atoms with E-state index in [1.807, 2.05) is 42.5 Å². The molecule has 0 aliphatic heterocycles. The number of para-hydroxylation sites is 1. The normalized spacial score (nSPS) is 11.0. The summed E-state index contributed by atoms with van der Waals surface area (Å²) < 4.78 is 5.64. The van der Waals surface area contributed by atoms with Crippen LogP contribution >= 0.6 is 0 Å². The molecule has 0 heterocycles. The Balaban J connectivity index is 1.65. The van der Waals surface area contributed by atoms with Gasteiger partial charge >= 0.3 is 0 Å². The highest BCUT2D eigenvalue weighted by molar-refractivity contribution is 5.92. The van der Waals surface area contributed by atoms with E-state index >= 15 is 0 Å². The van der Waals surface area contributed by atoms with Crippen LogP contribution in [-0.2, 0) is 6.54 Å². The molecule has 0 radical (unpaired) electrons. The minimum atomic E-state index is -0.422. The largest absolute Gasteiger partial charge is 0.494 e. The van der Waals surface area contributed by atoms with Crippen molar-refractivity contribution in [1.82, 2.24) is 10.6 Å². The van der Waals surface area contributed by atoms with Gasteiger partial charge in [-0.15, -0.1) is 0 Å². The molecular formula is C19H24N4O2. The Morgan fingerprint density at radius 2 is 1.80 bits per heavy atom. The smallest absolute Gasteiger partial charge is 0.248 e. The maximum absolute atomic E-state index is 11.1. The number of aliphatic imine (C=N–C) groups is 1. The standard InChI is InChI=1S/C19H24N4O2/c1-21-19(22-12-5-13-25-17-6-3-2-4-7-17)23-14-15-8-10-16(11-9-15)18(20)24/h2-4,6-11H,5,12-14H2,1H3,(H2,20,24)(H2,21,22,23). The van der Waals surface area contributed by atoms with E-state index in [2.05, 4.69) is 15.6 Å². The molecule has 2 aromatic carbocycles. The van der Waals surface area contributed by atoms with Gasteiger partial charge in [0.05, 0.1) is 6.61 Å². The maximum atomic E-state index is 11.1. The number of benzene rings is 2. The Kier molecular flexibility index (Phi) is 7.31. The third-order valence-corrected chi connectivity index (χ3v) is 3.55. The third-order valence-electron chi connectivity index (χ3n) is 3.55. The molecule has 4 N–H and O–H groups in total. The summed E-state index contributed by atoms with van der Waals surface area (Å²) in [7, 11) is 1.73. The van der Waals surface area contributed by atoms with Gasteiger partial charge in [-0.05, 0) is 36.2 Å². The van der Waals surface area contributed by atoms with Crippen molar-refractivity contribution in [1.29, 1.82) is 0 Å².